The normalized spacial score (nSPS) is 18.0. The largest absolute Gasteiger partial charge is 0.493 e. The van der Waals surface area contributed by atoms with Gasteiger partial charge in [-0.3, -0.25) is 14.6 Å². The Bertz CT molecular complexity index is 977. The molecule has 6 heteroatoms. The van der Waals surface area contributed by atoms with E-state index in [4.69, 9.17) is 4.74 Å². The van der Waals surface area contributed by atoms with Gasteiger partial charge in [0.2, 0.25) is 0 Å². The zero-order valence-corrected chi connectivity index (χ0v) is 15.6. The second-order valence-electron chi connectivity index (χ2n) is 6.83. The van der Waals surface area contributed by atoms with Crippen LogP contribution in [0.4, 0.5) is 5.69 Å². The first-order valence-corrected chi connectivity index (χ1v) is 9.26. The maximum Gasteiger partial charge on any atom is 0.251 e. The molecular weight excluding hydrogens is 354 g/mol. The quantitative estimate of drug-likeness (QED) is 0.861. The molecule has 0 spiro atoms. The van der Waals surface area contributed by atoms with E-state index in [9.17, 15) is 9.59 Å². The van der Waals surface area contributed by atoms with E-state index >= 15 is 0 Å². The van der Waals surface area contributed by atoms with E-state index in [0.717, 1.165) is 16.9 Å². The van der Waals surface area contributed by atoms with Gasteiger partial charge in [-0.05, 0) is 43.3 Å². The Balaban J connectivity index is 1.44. The molecule has 0 aromatic heterocycles. The number of amidine groups is 1. The topological polar surface area (TPSA) is 79.8 Å². The van der Waals surface area contributed by atoms with Crippen LogP contribution in [0.2, 0.25) is 0 Å². The molecule has 0 aliphatic carbocycles. The number of fused-ring (bicyclic) bond motifs is 1. The Labute approximate surface area is 163 Å². The van der Waals surface area contributed by atoms with E-state index in [0.29, 0.717) is 36.7 Å². The number of Topliss-reactive ketones (excluding diaryl/α,β-unsaturated/α-hetero) is 1. The molecule has 1 atom stereocenters. The van der Waals surface area contributed by atoms with Gasteiger partial charge in [-0.1, -0.05) is 18.2 Å². The first kappa shape index (κ1) is 18.0. The minimum atomic E-state index is -0.248. The number of hydrogen-bond donors (Lipinski definition) is 2. The Morgan fingerprint density at radius 2 is 1.93 bits per heavy atom. The third-order valence-corrected chi connectivity index (χ3v) is 4.82. The lowest BCUT2D eigenvalue weighted by Gasteiger charge is -2.10. The van der Waals surface area contributed by atoms with Gasteiger partial charge in [-0.2, -0.15) is 0 Å². The molecule has 2 aromatic carbocycles. The maximum atomic E-state index is 12.7. The van der Waals surface area contributed by atoms with Gasteiger partial charge in [-0.15, -0.1) is 0 Å². The number of amides is 1. The van der Waals surface area contributed by atoms with Gasteiger partial charge in [0, 0.05) is 28.8 Å². The van der Waals surface area contributed by atoms with E-state index < -0.39 is 0 Å². The monoisotopic (exact) mass is 375 g/mol. The summed E-state index contributed by atoms with van der Waals surface area (Å²) in [6, 6.07) is 14.9. The molecule has 1 unspecified atom stereocenters. The van der Waals surface area contributed by atoms with Crippen LogP contribution in [0.5, 0.6) is 5.75 Å². The smallest absolute Gasteiger partial charge is 0.251 e. The fourth-order valence-electron chi connectivity index (χ4n) is 3.21. The first-order chi connectivity index (χ1) is 13.6. The molecular formula is C22H21N3O3. The molecule has 4 rings (SSSR count). The molecule has 2 heterocycles. The predicted molar refractivity (Wildman–Crippen MR) is 109 cm³/mol. The zero-order chi connectivity index (χ0) is 19.5. The highest BCUT2D eigenvalue weighted by molar-refractivity contribution is 6.07. The van der Waals surface area contributed by atoms with Crippen LogP contribution >= 0.6 is 0 Å². The van der Waals surface area contributed by atoms with Crippen molar-refractivity contribution in [1.82, 2.24) is 5.32 Å². The van der Waals surface area contributed by atoms with Crippen molar-refractivity contribution in [2.75, 3.05) is 18.5 Å². The van der Waals surface area contributed by atoms with Crippen molar-refractivity contribution in [2.24, 2.45) is 4.99 Å². The average molecular weight is 375 g/mol. The second kappa shape index (κ2) is 7.68. The summed E-state index contributed by atoms with van der Waals surface area (Å²) in [5, 5.41) is 6.06. The summed E-state index contributed by atoms with van der Waals surface area (Å²) in [4.78, 5) is 28.5. The fraction of sp³-hybridized carbons (Fsp3) is 0.227. The first-order valence-electron chi connectivity index (χ1n) is 9.26. The molecule has 0 saturated carbocycles. The Morgan fingerprint density at radius 3 is 2.68 bits per heavy atom. The number of para-hydroxylation sites is 1. The van der Waals surface area contributed by atoms with Crippen LogP contribution in [0.3, 0.4) is 0 Å². The zero-order valence-electron chi connectivity index (χ0n) is 15.6. The van der Waals surface area contributed by atoms with Crippen molar-refractivity contribution in [2.45, 2.75) is 19.4 Å². The third-order valence-electron chi connectivity index (χ3n) is 4.82. The molecule has 0 fully saturated rings. The molecule has 0 radical (unpaired) electrons. The number of nitrogens with one attached hydrogen (secondary N) is 2. The number of aliphatic imine (C=N–C) groups is 1. The highest BCUT2D eigenvalue weighted by Crippen LogP contribution is 2.26. The molecule has 2 aliphatic heterocycles. The van der Waals surface area contributed by atoms with Crippen LogP contribution < -0.4 is 15.4 Å². The number of benzene rings is 2. The van der Waals surface area contributed by atoms with Gasteiger partial charge in [-0.25, -0.2) is 0 Å². The summed E-state index contributed by atoms with van der Waals surface area (Å²) < 4.78 is 5.70. The summed E-state index contributed by atoms with van der Waals surface area (Å²) in [5.41, 5.74) is 3.18. The van der Waals surface area contributed by atoms with Gasteiger partial charge in [0.25, 0.3) is 5.91 Å². The van der Waals surface area contributed by atoms with Crippen LogP contribution in [-0.4, -0.2) is 36.7 Å². The number of carbonyl (C=O) groups is 2. The SMILES string of the molecule is CC(=O)C1CN=C(c2ccc(NC(=O)C3=Cc4ccccc4OCC3)cc2)N1. The molecule has 142 valence electrons. The fourth-order valence-corrected chi connectivity index (χ4v) is 3.21. The van der Waals surface area contributed by atoms with Crippen LogP contribution in [-0.2, 0) is 9.59 Å². The molecule has 2 aromatic rings. The van der Waals surface area contributed by atoms with E-state index in [1.165, 1.54) is 0 Å². The molecule has 1 amide bonds. The molecule has 2 aliphatic rings. The summed E-state index contributed by atoms with van der Waals surface area (Å²) in [6.45, 7) is 2.49. The molecule has 2 N–H and O–H groups in total. The number of ketones is 1. The van der Waals surface area contributed by atoms with Crippen molar-refractivity contribution in [3.8, 4) is 5.75 Å². The summed E-state index contributed by atoms with van der Waals surface area (Å²) in [6.07, 6.45) is 2.43. The van der Waals surface area contributed by atoms with Gasteiger partial charge in [0.05, 0.1) is 13.2 Å². The van der Waals surface area contributed by atoms with Gasteiger partial charge < -0.3 is 15.4 Å². The lowest BCUT2D eigenvalue weighted by molar-refractivity contribution is -0.118. The number of ether oxygens (including phenoxy) is 1. The summed E-state index contributed by atoms with van der Waals surface area (Å²) in [7, 11) is 0. The highest BCUT2D eigenvalue weighted by Gasteiger charge is 2.22. The average Bonchev–Trinajstić information content (AvgIpc) is 3.09. The molecule has 0 saturated heterocycles. The summed E-state index contributed by atoms with van der Waals surface area (Å²) in [5.74, 6) is 1.44. The van der Waals surface area contributed by atoms with Crippen molar-refractivity contribution in [3.05, 3.63) is 65.2 Å². The second-order valence-corrected chi connectivity index (χ2v) is 6.83. The van der Waals surface area contributed by atoms with E-state index in [1.807, 2.05) is 54.6 Å². The van der Waals surface area contributed by atoms with E-state index in [-0.39, 0.29) is 17.7 Å². The van der Waals surface area contributed by atoms with Gasteiger partial charge in [0.1, 0.15) is 17.6 Å². The number of anilines is 1. The number of rotatable bonds is 4. The van der Waals surface area contributed by atoms with Gasteiger partial charge >= 0.3 is 0 Å². The van der Waals surface area contributed by atoms with Crippen molar-refractivity contribution < 1.29 is 14.3 Å². The molecule has 0 bridgehead atoms. The molecule has 28 heavy (non-hydrogen) atoms. The predicted octanol–water partition coefficient (Wildman–Crippen LogP) is 2.80. The van der Waals surface area contributed by atoms with E-state index in [2.05, 4.69) is 15.6 Å². The maximum absolute atomic E-state index is 12.7. The lowest BCUT2D eigenvalue weighted by Crippen LogP contribution is -2.36. The Kier molecular flexibility index (Phi) is 4.93. The lowest BCUT2D eigenvalue weighted by atomic mass is 10.1. The Morgan fingerprint density at radius 1 is 1.14 bits per heavy atom. The number of hydrogen-bond acceptors (Lipinski definition) is 5. The van der Waals surface area contributed by atoms with Crippen LogP contribution in [0.15, 0.2) is 59.1 Å². The third kappa shape index (κ3) is 3.81. The van der Waals surface area contributed by atoms with Crippen LogP contribution in [0.1, 0.15) is 24.5 Å². The van der Waals surface area contributed by atoms with Crippen LogP contribution in [0, 0.1) is 0 Å². The number of carbonyl (C=O) groups excluding carboxylic acids is 2. The number of nitrogens with zero attached hydrogens (tertiary/aromatic N) is 1. The van der Waals surface area contributed by atoms with Crippen LogP contribution in [0.25, 0.3) is 6.08 Å². The van der Waals surface area contributed by atoms with Gasteiger partial charge in [0.15, 0.2) is 5.78 Å². The van der Waals surface area contributed by atoms with Crippen molar-refractivity contribution >= 4 is 29.3 Å². The molecule has 6 nitrogen and oxygen atoms in total. The Hall–Kier alpha value is -3.41. The standard InChI is InChI=1S/C22H21N3O3/c1-14(26)19-13-23-21(25-19)15-6-8-18(9-7-15)24-22(27)17-10-11-28-20-5-3-2-4-16(20)12-17/h2-9,12,19H,10-11,13H2,1H3,(H,23,25)(H,24,27). The summed E-state index contributed by atoms with van der Waals surface area (Å²) >= 11 is 0. The van der Waals surface area contributed by atoms with Crippen molar-refractivity contribution in [3.63, 3.8) is 0 Å². The highest BCUT2D eigenvalue weighted by atomic mass is 16.5. The van der Waals surface area contributed by atoms with E-state index in [1.54, 1.807) is 6.92 Å². The van der Waals surface area contributed by atoms with Crippen molar-refractivity contribution in [1.29, 1.82) is 0 Å². The minimum Gasteiger partial charge on any atom is -0.493 e. The minimum absolute atomic E-state index is 0.0739.